The number of carbonyl (C=O) groups is 1. The number of pyridine rings is 2. The highest BCUT2D eigenvalue weighted by molar-refractivity contribution is 6.02. The van der Waals surface area contributed by atoms with Crippen LogP contribution in [0.15, 0.2) is 54.9 Å². The summed E-state index contributed by atoms with van der Waals surface area (Å²) in [6, 6.07) is 11.2. The molecule has 148 valence electrons. The molecule has 2 aromatic heterocycles. The van der Waals surface area contributed by atoms with Gasteiger partial charge in [0.25, 0.3) is 0 Å². The largest absolute Gasteiger partial charge is 0.482 e. The van der Waals surface area contributed by atoms with E-state index in [-0.39, 0.29) is 11.8 Å². The summed E-state index contributed by atoms with van der Waals surface area (Å²) in [4.78, 5) is 23.3. The molecule has 3 aromatic rings. The zero-order chi connectivity index (χ0) is 20.6. The van der Waals surface area contributed by atoms with Crippen LogP contribution in [-0.2, 0) is 0 Å². The molecule has 3 heterocycles. The average molecular weight is 392 g/mol. The van der Waals surface area contributed by atoms with Crippen LogP contribution in [0, 0.1) is 12.7 Å². The number of aromatic nitrogens is 2. The van der Waals surface area contributed by atoms with Gasteiger partial charge in [-0.1, -0.05) is 12.1 Å². The first-order valence-electron chi connectivity index (χ1n) is 9.27. The van der Waals surface area contributed by atoms with E-state index in [1.165, 1.54) is 12.1 Å². The van der Waals surface area contributed by atoms with Crippen LogP contribution < -0.4 is 15.0 Å². The number of carbonyl (C=O) groups excluding carboxylic acids is 1. The summed E-state index contributed by atoms with van der Waals surface area (Å²) < 4.78 is 19.7. The molecule has 7 heteroatoms. The van der Waals surface area contributed by atoms with E-state index in [1.54, 1.807) is 41.6 Å². The fraction of sp³-hybridized carbons (Fsp3) is 0.227. The third-order valence-corrected chi connectivity index (χ3v) is 4.51. The molecular weight excluding hydrogens is 371 g/mol. The lowest BCUT2D eigenvalue weighted by Crippen LogP contribution is -2.51. The van der Waals surface area contributed by atoms with Crippen molar-refractivity contribution in [1.29, 1.82) is 0 Å². The number of hydrogen-bond donors (Lipinski definition) is 1. The molecule has 6 nitrogen and oxygen atoms in total. The summed E-state index contributed by atoms with van der Waals surface area (Å²) in [6.07, 6.45) is 3.31. The zero-order valence-electron chi connectivity index (χ0n) is 16.4. The third-order valence-electron chi connectivity index (χ3n) is 4.51. The number of nitrogens with zero attached hydrogens (tertiary/aromatic N) is 3. The Kier molecular flexibility index (Phi) is 4.66. The van der Waals surface area contributed by atoms with E-state index >= 15 is 0 Å². The number of amides is 2. The molecule has 0 saturated heterocycles. The van der Waals surface area contributed by atoms with Gasteiger partial charge in [0, 0.05) is 11.8 Å². The minimum atomic E-state index is -0.586. The first kappa shape index (κ1) is 18.9. The molecule has 0 bridgehead atoms. The van der Waals surface area contributed by atoms with Crippen molar-refractivity contribution < 1.29 is 13.9 Å². The normalized spacial score (nSPS) is 14.7. The Morgan fingerprint density at radius 2 is 2.03 bits per heavy atom. The number of anilines is 2. The van der Waals surface area contributed by atoms with E-state index in [1.807, 2.05) is 26.8 Å². The Balaban J connectivity index is 1.71. The molecule has 29 heavy (non-hydrogen) atoms. The first-order chi connectivity index (χ1) is 13.8. The van der Waals surface area contributed by atoms with Gasteiger partial charge in [0.05, 0.1) is 24.1 Å². The molecule has 0 fully saturated rings. The second kappa shape index (κ2) is 7.16. The molecule has 0 aliphatic carbocycles. The molecule has 0 saturated carbocycles. The van der Waals surface area contributed by atoms with Crippen LogP contribution in [-0.4, -0.2) is 28.1 Å². The molecule has 2 amide bonds. The van der Waals surface area contributed by atoms with E-state index in [0.29, 0.717) is 35.1 Å². The lowest BCUT2D eigenvalue weighted by molar-refractivity contribution is 0.106. The predicted octanol–water partition coefficient (Wildman–Crippen LogP) is 4.80. The summed E-state index contributed by atoms with van der Waals surface area (Å²) in [7, 11) is 0. The molecule has 0 unspecified atom stereocenters. The van der Waals surface area contributed by atoms with Crippen LogP contribution >= 0.6 is 0 Å². The maximum atomic E-state index is 13.6. The molecule has 1 N–H and O–H groups in total. The van der Waals surface area contributed by atoms with E-state index < -0.39 is 5.60 Å². The number of ether oxygens (including phenoxy) is 1. The van der Waals surface area contributed by atoms with Crippen molar-refractivity contribution in [2.45, 2.75) is 26.4 Å². The average Bonchev–Trinajstić information content (AvgIpc) is 2.66. The van der Waals surface area contributed by atoms with E-state index in [9.17, 15) is 9.18 Å². The Labute approximate surface area is 168 Å². The van der Waals surface area contributed by atoms with Gasteiger partial charge < -0.3 is 10.1 Å². The SMILES string of the molecule is Cc1cncc(NC(=O)N2CC(C)(C)Oc3ccc(-c4cccc(F)c4)nc32)c1. The maximum absolute atomic E-state index is 13.6. The molecule has 1 aliphatic rings. The standard InChI is InChI=1S/C22H21FN4O2/c1-14-9-17(12-24-11-14)25-21(28)27-13-22(2,3)29-19-8-7-18(26-20(19)27)15-5-4-6-16(23)10-15/h4-12H,13H2,1-3H3,(H,25,28). The van der Waals surface area contributed by atoms with Gasteiger partial charge in [0.15, 0.2) is 11.6 Å². The van der Waals surface area contributed by atoms with Crippen LogP contribution in [0.3, 0.4) is 0 Å². The minimum Gasteiger partial charge on any atom is -0.482 e. The van der Waals surface area contributed by atoms with Crippen LogP contribution in [0.2, 0.25) is 0 Å². The highest BCUT2D eigenvalue weighted by Gasteiger charge is 2.36. The van der Waals surface area contributed by atoms with Gasteiger partial charge in [-0.15, -0.1) is 0 Å². The zero-order valence-corrected chi connectivity index (χ0v) is 16.4. The number of urea groups is 1. The van der Waals surface area contributed by atoms with Gasteiger partial charge in [0.1, 0.15) is 11.4 Å². The van der Waals surface area contributed by atoms with E-state index in [2.05, 4.69) is 15.3 Å². The number of fused-ring (bicyclic) bond motifs is 1. The van der Waals surface area contributed by atoms with Crippen molar-refractivity contribution in [2.24, 2.45) is 0 Å². The van der Waals surface area contributed by atoms with Crippen LogP contribution in [0.25, 0.3) is 11.3 Å². The Morgan fingerprint density at radius 3 is 2.79 bits per heavy atom. The second-order valence-electron chi connectivity index (χ2n) is 7.66. The molecule has 1 aliphatic heterocycles. The molecule has 0 atom stereocenters. The summed E-state index contributed by atoms with van der Waals surface area (Å²) in [5.41, 5.74) is 2.14. The number of benzene rings is 1. The number of aryl methyl sites for hydroxylation is 1. The molecule has 0 radical (unpaired) electrons. The topological polar surface area (TPSA) is 67.4 Å². The smallest absolute Gasteiger partial charge is 0.327 e. The Hall–Kier alpha value is -3.48. The van der Waals surface area contributed by atoms with Gasteiger partial charge in [-0.2, -0.15) is 0 Å². The Bertz CT molecular complexity index is 1080. The first-order valence-corrected chi connectivity index (χ1v) is 9.27. The lowest BCUT2D eigenvalue weighted by atomic mass is 10.1. The van der Waals surface area contributed by atoms with Crippen LogP contribution in [0.1, 0.15) is 19.4 Å². The number of hydrogen-bond acceptors (Lipinski definition) is 4. The van der Waals surface area contributed by atoms with Crippen molar-refractivity contribution >= 4 is 17.5 Å². The fourth-order valence-electron chi connectivity index (χ4n) is 3.29. The third kappa shape index (κ3) is 4.03. The predicted molar refractivity (Wildman–Crippen MR) is 110 cm³/mol. The van der Waals surface area contributed by atoms with Crippen molar-refractivity contribution in [3.8, 4) is 17.0 Å². The van der Waals surface area contributed by atoms with Crippen molar-refractivity contribution in [3.63, 3.8) is 0 Å². The monoisotopic (exact) mass is 392 g/mol. The lowest BCUT2D eigenvalue weighted by Gasteiger charge is -2.38. The highest BCUT2D eigenvalue weighted by atomic mass is 19.1. The summed E-state index contributed by atoms with van der Waals surface area (Å²) in [6.45, 7) is 6.03. The van der Waals surface area contributed by atoms with E-state index in [0.717, 1.165) is 5.56 Å². The summed E-state index contributed by atoms with van der Waals surface area (Å²) >= 11 is 0. The second-order valence-corrected chi connectivity index (χ2v) is 7.66. The quantitative estimate of drug-likeness (QED) is 0.680. The molecular formula is C22H21FN4O2. The molecule has 0 spiro atoms. The van der Waals surface area contributed by atoms with Crippen LogP contribution in [0.4, 0.5) is 20.7 Å². The maximum Gasteiger partial charge on any atom is 0.327 e. The number of rotatable bonds is 2. The highest BCUT2D eigenvalue weighted by Crippen LogP contribution is 2.37. The number of nitrogens with one attached hydrogen (secondary N) is 1. The minimum absolute atomic E-state index is 0.310. The number of halogens is 1. The van der Waals surface area contributed by atoms with Crippen LogP contribution in [0.5, 0.6) is 5.75 Å². The van der Waals surface area contributed by atoms with Gasteiger partial charge >= 0.3 is 6.03 Å². The van der Waals surface area contributed by atoms with Gasteiger partial charge in [0.2, 0.25) is 0 Å². The van der Waals surface area contributed by atoms with E-state index in [4.69, 9.17) is 4.74 Å². The molecule has 4 rings (SSSR count). The Morgan fingerprint density at radius 1 is 1.21 bits per heavy atom. The fourth-order valence-corrected chi connectivity index (χ4v) is 3.29. The molecule has 1 aromatic carbocycles. The van der Waals surface area contributed by atoms with Gasteiger partial charge in [-0.3, -0.25) is 9.88 Å². The summed E-state index contributed by atoms with van der Waals surface area (Å²) in [5.74, 6) is 0.545. The van der Waals surface area contributed by atoms with Gasteiger partial charge in [-0.25, -0.2) is 14.2 Å². The van der Waals surface area contributed by atoms with Crippen molar-refractivity contribution in [3.05, 3.63) is 66.2 Å². The van der Waals surface area contributed by atoms with Crippen molar-refractivity contribution in [2.75, 3.05) is 16.8 Å². The van der Waals surface area contributed by atoms with Crippen molar-refractivity contribution in [1.82, 2.24) is 9.97 Å². The van der Waals surface area contributed by atoms with Gasteiger partial charge in [-0.05, 0) is 56.7 Å². The summed E-state index contributed by atoms with van der Waals surface area (Å²) in [5, 5.41) is 2.87.